The number of hydrogen-bond acceptors (Lipinski definition) is 2. The summed E-state index contributed by atoms with van der Waals surface area (Å²) >= 11 is 0. The lowest BCUT2D eigenvalue weighted by Gasteiger charge is -2.34. The number of nitrogens with one attached hydrogen (secondary N) is 1. The Morgan fingerprint density at radius 3 is 2.33 bits per heavy atom. The van der Waals surface area contributed by atoms with Gasteiger partial charge in [-0.1, -0.05) is 39.0 Å². The Morgan fingerprint density at radius 1 is 1.17 bits per heavy atom. The molecular weight excluding hydrogens is 220 g/mol. The van der Waals surface area contributed by atoms with Gasteiger partial charge < -0.3 is 10.2 Å². The van der Waals surface area contributed by atoms with Crippen LogP contribution in [0.1, 0.15) is 39.7 Å². The van der Waals surface area contributed by atoms with E-state index in [2.05, 4.69) is 69.1 Å². The van der Waals surface area contributed by atoms with Crippen molar-refractivity contribution in [3.8, 4) is 0 Å². The lowest BCUT2D eigenvalue weighted by molar-refractivity contribution is 0.491. The number of likely N-dealkylation sites (N-methyl/N-ethyl adjacent to an activating group) is 1. The molecule has 1 aromatic carbocycles. The highest BCUT2D eigenvalue weighted by molar-refractivity contribution is 5.53. The molecule has 0 aliphatic heterocycles. The second-order valence-corrected chi connectivity index (χ2v) is 5.20. The first-order chi connectivity index (χ1) is 8.60. The van der Waals surface area contributed by atoms with E-state index in [-0.39, 0.29) is 0 Å². The van der Waals surface area contributed by atoms with Gasteiger partial charge in [0.05, 0.1) is 0 Å². The van der Waals surface area contributed by atoms with E-state index in [9.17, 15) is 0 Å². The van der Waals surface area contributed by atoms with Crippen LogP contribution in [-0.4, -0.2) is 25.2 Å². The highest BCUT2D eigenvalue weighted by atomic mass is 15.2. The predicted octanol–water partition coefficient (Wildman–Crippen LogP) is 3.60. The van der Waals surface area contributed by atoms with E-state index in [1.54, 1.807) is 0 Å². The number of nitrogens with zero attached hydrogens (tertiary/aromatic N) is 1. The van der Waals surface area contributed by atoms with E-state index in [1.807, 2.05) is 0 Å². The molecule has 1 atom stereocenters. The quantitative estimate of drug-likeness (QED) is 0.793. The third-order valence-electron chi connectivity index (χ3n) is 3.44. The van der Waals surface area contributed by atoms with Crippen molar-refractivity contribution in [2.75, 3.05) is 18.0 Å². The molecule has 0 heterocycles. The van der Waals surface area contributed by atoms with Gasteiger partial charge >= 0.3 is 0 Å². The first-order valence-electron chi connectivity index (χ1n) is 7.15. The van der Waals surface area contributed by atoms with Gasteiger partial charge in [-0.2, -0.15) is 0 Å². The molecule has 0 fully saturated rings. The van der Waals surface area contributed by atoms with E-state index in [0.717, 1.165) is 13.1 Å². The van der Waals surface area contributed by atoms with Crippen LogP contribution in [0.15, 0.2) is 24.3 Å². The van der Waals surface area contributed by atoms with E-state index in [1.165, 1.54) is 17.7 Å². The molecule has 18 heavy (non-hydrogen) atoms. The van der Waals surface area contributed by atoms with Gasteiger partial charge in [-0.15, -0.1) is 0 Å². The van der Waals surface area contributed by atoms with E-state index >= 15 is 0 Å². The van der Waals surface area contributed by atoms with Crippen LogP contribution in [0.4, 0.5) is 5.69 Å². The number of aryl methyl sites for hydroxylation is 1. The smallest absolute Gasteiger partial charge is 0.0411 e. The summed E-state index contributed by atoms with van der Waals surface area (Å²) in [6.07, 6.45) is 1.17. The third-order valence-corrected chi connectivity index (χ3v) is 3.44. The van der Waals surface area contributed by atoms with Crippen LogP contribution in [0.5, 0.6) is 0 Å². The summed E-state index contributed by atoms with van der Waals surface area (Å²) in [6, 6.07) is 9.79. The van der Waals surface area contributed by atoms with Gasteiger partial charge in [-0.25, -0.2) is 0 Å². The number of benzene rings is 1. The molecule has 1 aromatic rings. The lowest BCUT2D eigenvalue weighted by Crippen LogP contribution is -2.44. The normalized spacial score (nSPS) is 12.8. The van der Waals surface area contributed by atoms with Gasteiger partial charge in [-0.3, -0.25) is 0 Å². The van der Waals surface area contributed by atoms with Gasteiger partial charge in [0.15, 0.2) is 0 Å². The average molecular weight is 248 g/mol. The summed E-state index contributed by atoms with van der Waals surface area (Å²) in [6.45, 7) is 13.2. The zero-order chi connectivity index (χ0) is 13.5. The fourth-order valence-corrected chi connectivity index (χ4v) is 2.36. The fraction of sp³-hybridized carbons (Fsp3) is 0.625. The number of anilines is 1. The molecule has 0 bridgehead atoms. The van der Waals surface area contributed by atoms with Crippen molar-refractivity contribution in [1.82, 2.24) is 5.32 Å². The lowest BCUT2D eigenvalue weighted by atomic mass is 10.1. The largest absolute Gasteiger partial charge is 0.367 e. The van der Waals surface area contributed by atoms with Crippen LogP contribution in [0.3, 0.4) is 0 Å². The van der Waals surface area contributed by atoms with Crippen LogP contribution in [0, 0.1) is 6.92 Å². The highest BCUT2D eigenvalue weighted by Gasteiger charge is 2.17. The van der Waals surface area contributed by atoms with Gasteiger partial charge in [0.25, 0.3) is 0 Å². The standard InChI is InChI=1S/C16H28N2/c1-6-15(12-17-13(3)4)18(7-2)16-11-9-8-10-14(16)5/h8-11,13,15,17H,6-7,12H2,1-5H3. The van der Waals surface area contributed by atoms with Crippen LogP contribution in [0.2, 0.25) is 0 Å². The molecule has 2 heteroatoms. The first-order valence-corrected chi connectivity index (χ1v) is 7.15. The third kappa shape index (κ3) is 4.02. The van der Waals surface area contributed by atoms with E-state index in [4.69, 9.17) is 0 Å². The second-order valence-electron chi connectivity index (χ2n) is 5.20. The van der Waals surface area contributed by atoms with Crippen LogP contribution in [-0.2, 0) is 0 Å². The van der Waals surface area contributed by atoms with Gasteiger partial charge in [-0.05, 0) is 31.9 Å². The minimum absolute atomic E-state index is 0.551. The van der Waals surface area contributed by atoms with Crippen molar-refractivity contribution >= 4 is 5.69 Å². The SMILES string of the molecule is CCC(CNC(C)C)N(CC)c1ccccc1C. The molecule has 0 aliphatic rings. The molecule has 0 aromatic heterocycles. The second kappa shape index (κ2) is 7.42. The molecule has 0 aliphatic carbocycles. The summed E-state index contributed by atoms with van der Waals surface area (Å²) in [5.74, 6) is 0. The summed E-state index contributed by atoms with van der Waals surface area (Å²) < 4.78 is 0. The minimum atomic E-state index is 0.551. The molecule has 0 amide bonds. The van der Waals surface area contributed by atoms with Gasteiger partial charge in [0.2, 0.25) is 0 Å². The average Bonchev–Trinajstić information content (AvgIpc) is 2.35. The van der Waals surface area contributed by atoms with Crippen LogP contribution in [0.25, 0.3) is 0 Å². The molecule has 2 nitrogen and oxygen atoms in total. The number of hydrogen-bond donors (Lipinski definition) is 1. The summed E-state index contributed by atoms with van der Waals surface area (Å²) in [5.41, 5.74) is 2.74. The maximum absolute atomic E-state index is 3.56. The molecule has 0 saturated heterocycles. The van der Waals surface area contributed by atoms with Gasteiger partial charge in [0.1, 0.15) is 0 Å². The zero-order valence-corrected chi connectivity index (χ0v) is 12.5. The van der Waals surface area contributed by atoms with Gasteiger partial charge in [0, 0.05) is 30.9 Å². The van der Waals surface area contributed by atoms with E-state index < -0.39 is 0 Å². The van der Waals surface area contributed by atoms with Crippen molar-refractivity contribution in [3.63, 3.8) is 0 Å². The van der Waals surface area contributed by atoms with Crippen molar-refractivity contribution in [3.05, 3.63) is 29.8 Å². The topological polar surface area (TPSA) is 15.3 Å². The Labute approximate surface area is 112 Å². The molecule has 1 rings (SSSR count). The Kier molecular flexibility index (Phi) is 6.20. The number of rotatable bonds is 7. The highest BCUT2D eigenvalue weighted by Crippen LogP contribution is 2.22. The van der Waals surface area contributed by atoms with Crippen molar-refractivity contribution in [2.45, 2.75) is 53.1 Å². The summed E-state index contributed by atoms with van der Waals surface area (Å²) in [7, 11) is 0. The summed E-state index contributed by atoms with van der Waals surface area (Å²) in [5, 5.41) is 3.56. The molecule has 0 saturated carbocycles. The molecule has 0 spiro atoms. The minimum Gasteiger partial charge on any atom is -0.367 e. The number of para-hydroxylation sites is 1. The maximum Gasteiger partial charge on any atom is 0.0411 e. The molecule has 1 unspecified atom stereocenters. The fourth-order valence-electron chi connectivity index (χ4n) is 2.36. The molecule has 1 N–H and O–H groups in total. The van der Waals surface area contributed by atoms with Crippen molar-refractivity contribution < 1.29 is 0 Å². The molecular formula is C16H28N2. The molecule has 0 radical (unpaired) electrons. The van der Waals surface area contributed by atoms with E-state index in [0.29, 0.717) is 12.1 Å². The Balaban J connectivity index is 2.83. The van der Waals surface area contributed by atoms with Crippen molar-refractivity contribution in [1.29, 1.82) is 0 Å². The Hall–Kier alpha value is -1.02. The Morgan fingerprint density at radius 2 is 1.83 bits per heavy atom. The zero-order valence-electron chi connectivity index (χ0n) is 12.5. The monoisotopic (exact) mass is 248 g/mol. The molecule has 102 valence electrons. The van der Waals surface area contributed by atoms with Crippen LogP contribution >= 0.6 is 0 Å². The Bertz CT molecular complexity index is 347. The van der Waals surface area contributed by atoms with Crippen LogP contribution < -0.4 is 10.2 Å². The first kappa shape index (κ1) is 15.0. The maximum atomic E-state index is 3.56. The predicted molar refractivity (Wildman–Crippen MR) is 81.4 cm³/mol. The van der Waals surface area contributed by atoms with Crippen molar-refractivity contribution in [2.24, 2.45) is 0 Å². The summed E-state index contributed by atoms with van der Waals surface area (Å²) in [4.78, 5) is 2.52.